The lowest BCUT2D eigenvalue weighted by molar-refractivity contribution is -0.269. The van der Waals surface area contributed by atoms with Gasteiger partial charge in [0.2, 0.25) is 11.5 Å². The molecule has 0 radical (unpaired) electrons. The fourth-order valence-electron chi connectivity index (χ4n) is 3.63. The van der Waals surface area contributed by atoms with E-state index < -0.39 is 17.6 Å². The van der Waals surface area contributed by atoms with E-state index in [4.69, 9.17) is 39.6 Å². The van der Waals surface area contributed by atoms with Crippen molar-refractivity contribution in [1.29, 1.82) is 0 Å². The Kier molecular flexibility index (Phi) is 6.57. The predicted octanol–water partition coefficient (Wildman–Crippen LogP) is 6.54. The molecule has 2 N–H and O–H groups in total. The topological polar surface area (TPSA) is 50.4 Å². The number of carbonyl (C=O) groups is 1. The minimum atomic E-state index is -4.90. The maximum absolute atomic E-state index is 14.3. The van der Waals surface area contributed by atoms with Gasteiger partial charge in [-0.15, -0.1) is 0 Å². The van der Waals surface area contributed by atoms with Gasteiger partial charge in [-0.2, -0.15) is 13.2 Å². The van der Waals surface area contributed by atoms with Crippen molar-refractivity contribution in [2.24, 2.45) is 5.92 Å². The summed E-state index contributed by atoms with van der Waals surface area (Å²) in [4.78, 5) is 17.1. The third-order valence-corrected chi connectivity index (χ3v) is 6.99. The van der Waals surface area contributed by atoms with E-state index in [1.807, 2.05) is 0 Å². The molecular formula is C22H17Cl3F4N2O2. The molecule has 1 heterocycles. The van der Waals surface area contributed by atoms with Gasteiger partial charge in [0.25, 0.3) is 0 Å². The van der Waals surface area contributed by atoms with Crippen LogP contribution in [0.2, 0.25) is 15.1 Å². The summed E-state index contributed by atoms with van der Waals surface area (Å²) < 4.78 is 56.9. The van der Waals surface area contributed by atoms with Crippen molar-refractivity contribution in [3.8, 4) is 0 Å². The maximum atomic E-state index is 14.3. The average Bonchev–Trinajstić information content (AvgIpc) is 3.16. The Labute approximate surface area is 201 Å². The quantitative estimate of drug-likeness (QED) is 0.346. The number of amides is 1. The Morgan fingerprint density at radius 1 is 1.15 bits per heavy atom. The highest BCUT2D eigenvalue weighted by molar-refractivity contribution is 6.48. The summed E-state index contributed by atoms with van der Waals surface area (Å²) in [5, 5.41) is 2.26. The van der Waals surface area contributed by atoms with Crippen LogP contribution in [0.25, 0.3) is 5.70 Å². The van der Waals surface area contributed by atoms with Crippen LogP contribution in [0, 0.1) is 11.7 Å². The second kappa shape index (κ2) is 8.98. The molecule has 4 nitrogen and oxygen atoms in total. The first-order valence-corrected chi connectivity index (χ1v) is 11.1. The van der Waals surface area contributed by atoms with Crippen LogP contribution in [0.4, 0.5) is 17.6 Å². The molecule has 2 aromatic carbocycles. The van der Waals surface area contributed by atoms with Crippen molar-refractivity contribution in [2.75, 3.05) is 0 Å². The lowest BCUT2D eigenvalue weighted by Crippen LogP contribution is -2.42. The standard InChI is InChI=1S/C22H17Cl3F4N2O2/c23-15-7-14(8-16(24)19(15)25)21(22(27,28)29)9-18(31-33-21)12-4-5-17(26)13(6-12)10-30-20(32)11-2-1-3-11/h4-9,11,31H,1-3,10H2,(H,30,32). The van der Waals surface area contributed by atoms with E-state index in [0.717, 1.165) is 43.5 Å². The van der Waals surface area contributed by atoms with Crippen molar-refractivity contribution in [2.45, 2.75) is 37.6 Å². The first-order valence-electron chi connectivity index (χ1n) is 9.97. The van der Waals surface area contributed by atoms with Gasteiger partial charge in [0.05, 0.1) is 20.8 Å². The van der Waals surface area contributed by atoms with Gasteiger partial charge in [-0.3, -0.25) is 15.1 Å². The number of hydrogen-bond donors (Lipinski definition) is 2. The lowest BCUT2D eigenvalue weighted by Gasteiger charge is -2.29. The number of hydrogen-bond acceptors (Lipinski definition) is 3. The van der Waals surface area contributed by atoms with Crippen molar-refractivity contribution in [3.63, 3.8) is 0 Å². The number of alkyl halides is 3. The van der Waals surface area contributed by atoms with Crippen molar-refractivity contribution < 1.29 is 27.2 Å². The number of carbonyl (C=O) groups excluding carboxylic acids is 1. The molecule has 1 atom stereocenters. The van der Waals surface area contributed by atoms with Gasteiger partial charge >= 0.3 is 6.18 Å². The molecular weight excluding hydrogens is 507 g/mol. The monoisotopic (exact) mass is 522 g/mol. The number of halogens is 7. The second-order valence-electron chi connectivity index (χ2n) is 7.90. The number of hydroxylamine groups is 1. The third-order valence-electron chi connectivity index (χ3n) is 5.79. The smallest absolute Gasteiger partial charge is 0.352 e. The Hall–Kier alpha value is -2.00. The predicted molar refractivity (Wildman–Crippen MR) is 117 cm³/mol. The Bertz CT molecular complexity index is 1110. The minimum absolute atomic E-state index is 0.0407. The SMILES string of the molecule is O=C(NCc1cc(C2=CC(c3cc(Cl)c(Cl)c(Cl)c3)(C(F)(F)F)ON2)ccc1F)C1CCC1. The molecule has 0 aromatic heterocycles. The first-order chi connectivity index (χ1) is 15.5. The van der Waals surface area contributed by atoms with E-state index in [1.165, 1.54) is 12.1 Å². The Morgan fingerprint density at radius 2 is 1.82 bits per heavy atom. The summed E-state index contributed by atoms with van der Waals surface area (Å²) in [7, 11) is 0. The lowest BCUT2D eigenvalue weighted by atomic mass is 9.85. The molecule has 4 rings (SSSR count). The van der Waals surface area contributed by atoms with Crippen LogP contribution in [0.15, 0.2) is 36.4 Å². The van der Waals surface area contributed by atoms with E-state index in [9.17, 15) is 22.4 Å². The first kappa shape index (κ1) is 24.1. The zero-order valence-corrected chi connectivity index (χ0v) is 19.1. The normalized spacial score (nSPS) is 20.8. The van der Waals surface area contributed by atoms with Crippen LogP contribution in [0.1, 0.15) is 36.0 Å². The largest absolute Gasteiger partial charge is 0.428 e. The van der Waals surface area contributed by atoms with Crippen molar-refractivity contribution in [3.05, 3.63) is 74.0 Å². The van der Waals surface area contributed by atoms with E-state index in [-0.39, 0.29) is 55.8 Å². The highest BCUT2D eigenvalue weighted by Gasteiger charge is 2.59. The molecule has 0 spiro atoms. The van der Waals surface area contributed by atoms with Crippen LogP contribution in [-0.4, -0.2) is 12.1 Å². The van der Waals surface area contributed by atoms with Gasteiger partial charge in [-0.25, -0.2) is 4.39 Å². The summed E-state index contributed by atoms with van der Waals surface area (Å²) in [5.41, 5.74) is -0.683. The molecule has 33 heavy (non-hydrogen) atoms. The fourth-order valence-corrected chi connectivity index (χ4v) is 4.23. The second-order valence-corrected chi connectivity index (χ2v) is 9.09. The molecule has 0 saturated heterocycles. The van der Waals surface area contributed by atoms with Crippen LogP contribution in [0.5, 0.6) is 0 Å². The zero-order valence-electron chi connectivity index (χ0n) is 16.8. The number of nitrogens with one attached hydrogen (secondary N) is 2. The summed E-state index contributed by atoms with van der Waals surface area (Å²) >= 11 is 17.8. The molecule has 176 valence electrons. The van der Waals surface area contributed by atoms with Gasteiger partial charge in [0, 0.05) is 29.2 Å². The van der Waals surface area contributed by atoms with E-state index in [0.29, 0.717) is 0 Å². The van der Waals surface area contributed by atoms with Crippen LogP contribution < -0.4 is 10.8 Å². The molecule has 1 amide bonds. The number of benzene rings is 2. The Balaban J connectivity index is 1.66. The van der Waals surface area contributed by atoms with Gasteiger partial charge in [-0.1, -0.05) is 41.2 Å². The van der Waals surface area contributed by atoms with Gasteiger partial charge in [0.15, 0.2) is 0 Å². The van der Waals surface area contributed by atoms with Gasteiger partial charge in [0.1, 0.15) is 5.82 Å². The fraction of sp³-hybridized carbons (Fsp3) is 0.318. The molecule has 2 aromatic rings. The highest BCUT2D eigenvalue weighted by Crippen LogP contribution is 2.49. The molecule has 1 aliphatic heterocycles. The zero-order chi connectivity index (χ0) is 24.0. The van der Waals surface area contributed by atoms with Crippen molar-refractivity contribution in [1.82, 2.24) is 10.8 Å². The van der Waals surface area contributed by atoms with E-state index in [2.05, 4.69) is 10.8 Å². The van der Waals surface area contributed by atoms with Gasteiger partial charge in [-0.05, 0) is 49.2 Å². The van der Waals surface area contributed by atoms with Crippen molar-refractivity contribution >= 4 is 46.4 Å². The molecule has 1 saturated carbocycles. The van der Waals surface area contributed by atoms with E-state index in [1.54, 1.807) is 0 Å². The minimum Gasteiger partial charge on any atom is -0.352 e. The average molecular weight is 524 g/mol. The molecule has 1 aliphatic carbocycles. The van der Waals surface area contributed by atoms with Gasteiger partial charge < -0.3 is 5.32 Å². The molecule has 1 fully saturated rings. The molecule has 2 aliphatic rings. The van der Waals surface area contributed by atoms with Crippen LogP contribution in [0.3, 0.4) is 0 Å². The Morgan fingerprint density at radius 3 is 2.39 bits per heavy atom. The molecule has 1 unspecified atom stereocenters. The summed E-state index contributed by atoms with van der Waals surface area (Å²) in [5.74, 6) is -0.833. The van der Waals surface area contributed by atoms with Crippen LogP contribution >= 0.6 is 34.8 Å². The molecule has 0 bridgehead atoms. The molecule has 11 heteroatoms. The highest BCUT2D eigenvalue weighted by atomic mass is 35.5. The van der Waals surface area contributed by atoms with Crippen LogP contribution in [-0.2, 0) is 21.8 Å². The maximum Gasteiger partial charge on any atom is 0.428 e. The number of rotatable bonds is 5. The summed E-state index contributed by atoms with van der Waals surface area (Å²) in [6.07, 6.45) is -1.51. The summed E-state index contributed by atoms with van der Waals surface area (Å²) in [6, 6.07) is 5.83. The summed E-state index contributed by atoms with van der Waals surface area (Å²) in [6.45, 7) is -0.0873. The van der Waals surface area contributed by atoms with E-state index >= 15 is 0 Å². The third kappa shape index (κ3) is 4.54.